The number of nitrogens with zero attached hydrogens (tertiary/aromatic N) is 2. The Bertz CT molecular complexity index is 578. The predicted molar refractivity (Wildman–Crippen MR) is 76.1 cm³/mol. The van der Waals surface area contributed by atoms with Crippen LogP contribution >= 0.6 is 0 Å². The molecule has 0 unspecified atom stereocenters. The first-order chi connectivity index (χ1) is 9.80. The van der Waals surface area contributed by atoms with E-state index < -0.39 is 0 Å². The van der Waals surface area contributed by atoms with Crippen LogP contribution in [0.4, 0.5) is 0 Å². The molecule has 1 heterocycles. The normalized spacial score (nSPS) is 10.5. The lowest BCUT2D eigenvalue weighted by atomic mass is 10.0. The van der Waals surface area contributed by atoms with Gasteiger partial charge in [-0.3, -0.25) is 9.48 Å². The maximum absolute atomic E-state index is 11.2. The van der Waals surface area contributed by atoms with Crippen LogP contribution in [0.5, 0.6) is 5.75 Å². The Morgan fingerprint density at radius 2 is 2.20 bits per heavy atom. The fraction of sp³-hybridized carbons (Fsp3) is 0.333. The molecule has 0 saturated carbocycles. The van der Waals surface area contributed by atoms with Crippen LogP contribution in [0.15, 0.2) is 30.6 Å². The molecule has 0 bridgehead atoms. The highest BCUT2D eigenvalue weighted by Gasteiger charge is 2.12. The molecule has 20 heavy (non-hydrogen) atoms. The molecule has 0 radical (unpaired) electrons. The minimum Gasteiger partial charge on any atom is -0.490 e. The van der Waals surface area contributed by atoms with Crippen LogP contribution in [0.25, 0.3) is 11.1 Å². The average molecular weight is 274 g/mol. The van der Waals surface area contributed by atoms with E-state index >= 15 is 0 Å². The molecule has 5 heteroatoms. The molecule has 2 aromatic rings. The smallest absolute Gasteiger partial charge is 0.153 e. The van der Waals surface area contributed by atoms with E-state index in [4.69, 9.17) is 9.47 Å². The molecular formula is C15H18N2O3. The lowest BCUT2D eigenvalue weighted by Gasteiger charge is -2.12. The summed E-state index contributed by atoms with van der Waals surface area (Å²) >= 11 is 0. The lowest BCUT2D eigenvalue weighted by Crippen LogP contribution is -2.06. The molecule has 1 aromatic heterocycles. The Balaban J connectivity index is 2.37. The summed E-state index contributed by atoms with van der Waals surface area (Å²) in [5.41, 5.74) is 2.33. The van der Waals surface area contributed by atoms with Crippen LogP contribution in [0.3, 0.4) is 0 Å². The number of methoxy groups -OCH3 is 1. The topological polar surface area (TPSA) is 53.4 Å². The molecule has 0 aliphatic heterocycles. The quantitative estimate of drug-likeness (QED) is 0.574. The molecule has 106 valence electrons. The molecule has 2 rings (SSSR count). The zero-order valence-corrected chi connectivity index (χ0v) is 11.7. The molecule has 0 N–H and O–H groups in total. The molecule has 1 aromatic carbocycles. The molecule has 0 aliphatic carbocycles. The monoisotopic (exact) mass is 274 g/mol. The Labute approximate surface area is 118 Å². The fourth-order valence-corrected chi connectivity index (χ4v) is 1.94. The first-order valence-corrected chi connectivity index (χ1v) is 6.53. The van der Waals surface area contributed by atoms with Crippen LogP contribution in [-0.2, 0) is 11.3 Å². The van der Waals surface area contributed by atoms with Gasteiger partial charge in [-0.05, 0) is 13.0 Å². The van der Waals surface area contributed by atoms with Crippen molar-refractivity contribution in [1.82, 2.24) is 9.78 Å². The number of hydrogen-bond donors (Lipinski definition) is 0. The van der Waals surface area contributed by atoms with E-state index in [-0.39, 0.29) is 0 Å². The average Bonchev–Trinajstić information content (AvgIpc) is 2.96. The maximum atomic E-state index is 11.2. The van der Waals surface area contributed by atoms with Crippen molar-refractivity contribution in [2.75, 3.05) is 20.3 Å². The largest absolute Gasteiger partial charge is 0.490 e. The summed E-state index contributed by atoms with van der Waals surface area (Å²) in [5, 5.41) is 4.25. The standard InChI is InChI=1S/C15H18N2O3/c1-3-17-10-13(9-16-17)14-6-4-5-12(11-18)15(14)20-8-7-19-2/h4-6,9-11H,3,7-8H2,1-2H3. The lowest BCUT2D eigenvalue weighted by molar-refractivity contribution is 0.111. The minimum atomic E-state index is 0.399. The number of aldehydes is 1. The van der Waals surface area contributed by atoms with Crippen LogP contribution in [0.2, 0.25) is 0 Å². The minimum absolute atomic E-state index is 0.399. The summed E-state index contributed by atoms with van der Waals surface area (Å²) in [6, 6.07) is 5.50. The Morgan fingerprint density at radius 1 is 1.35 bits per heavy atom. The second-order valence-electron chi connectivity index (χ2n) is 4.27. The van der Waals surface area contributed by atoms with Gasteiger partial charge in [0, 0.05) is 31.0 Å². The third kappa shape index (κ3) is 3.05. The van der Waals surface area contributed by atoms with Crippen molar-refractivity contribution in [2.24, 2.45) is 0 Å². The summed E-state index contributed by atoms with van der Waals surface area (Å²) in [5.74, 6) is 0.579. The molecule has 0 fully saturated rings. The zero-order valence-electron chi connectivity index (χ0n) is 11.7. The third-order valence-corrected chi connectivity index (χ3v) is 2.97. The van der Waals surface area contributed by atoms with Gasteiger partial charge in [0.15, 0.2) is 6.29 Å². The van der Waals surface area contributed by atoms with E-state index in [0.717, 1.165) is 24.0 Å². The Kier molecular flexibility index (Phi) is 4.90. The zero-order chi connectivity index (χ0) is 14.4. The van der Waals surface area contributed by atoms with Crippen molar-refractivity contribution >= 4 is 6.29 Å². The summed E-state index contributed by atoms with van der Waals surface area (Å²) < 4.78 is 12.5. The van der Waals surface area contributed by atoms with E-state index in [1.54, 1.807) is 19.4 Å². The van der Waals surface area contributed by atoms with Gasteiger partial charge in [0.25, 0.3) is 0 Å². The number of hydrogen-bond acceptors (Lipinski definition) is 4. The van der Waals surface area contributed by atoms with E-state index in [0.29, 0.717) is 24.5 Å². The Morgan fingerprint density at radius 3 is 2.85 bits per heavy atom. The first kappa shape index (κ1) is 14.3. The SMILES string of the molecule is CCn1cc(-c2cccc(C=O)c2OCCOC)cn1. The van der Waals surface area contributed by atoms with Crippen LogP contribution in [0, 0.1) is 0 Å². The molecule has 0 saturated heterocycles. The first-order valence-electron chi connectivity index (χ1n) is 6.53. The van der Waals surface area contributed by atoms with Crippen LogP contribution in [-0.4, -0.2) is 36.4 Å². The number of rotatable bonds is 7. The molecule has 5 nitrogen and oxygen atoms in total. The van der Waals surface area contributed by atoms with Crippen molar-refractivity contribution in [1.29, 1.82) is 0 Å². The number of para-hydroxylation sites is 1. The second kappa shape index (κ2) is 6.86. The van der Waals surface area contributed by atoms with Gasteiger partial charge >= 0.3 is 0 Å². The van der Waals surface area contributed by atoms with Crippen molar-refractivity contribution in [3.63, 3.8) is 0 Å². The molecular weight excluding hydrogens is 256 g/mol. The van der Waals surface area contributed by atoms with E-state index in [1.807, 2.05) is 29.9 Å². The molecule has 0 atom stereocenters. The van der Waals surface area contributed by atoms with Gasteiger partial charge in [-0.25, -0.2) is 0 Å². The highest BCUT2D eigenvalue weighted by molar-refractivity contribution is 5.85. The van der Waals surface area contributed by atoms with E-state index in [2.05, 4.69) is 5.10 Å². The Hall–Kier alpha value is -2.14. The highest BCUT2D eigenvalue weighted by atomic mass is 16.5. The van der Waals surface area contributed by atoms with Gasteiger partial charge in [0.2, 0.25) is 0 Å². The van der Waals surface area contributed by atoms with Crippen molar-refractivity contribution in [3.8, 4) is 16.9 Å². The number of carbonyl (C=O) groups excluding carboxylic acids is 1. The van der Waals surface area contributed by atoms with Crippen molar-refractivity contribution in [2.45, 2.75) is 13.5 Å². The van der Waals surface area contributed by atoms with Crippen LogP contribution < -0.4 is 4.74 Å². The maximum Gasteiger partial charge on any atom is 0.153 e. The van der Waals surface area contributed by atoms with E-state index in [9.17, 15) is 4.79 Å². The predicted octanol–water partition coefficient (Wildman–Crippen LogP) is 2.41. The second-order valence-corrected chi connectivity index (χ2v) is 4.27. The number of aryl methyl sites for hydroxylation is 1. The third-order valence-electron chi connectivity index (χ3n) is 2.97. The molecule has 0 aliphatic rings. The number of ether oxygens (including phenoxy) is 2. The van der Waals surface area contributed by atoms with Crippen molar-refractivity contribution < 1.29 is 14.3 Å². The van der Waals surface area contributed by atoms with Gasteiger partial charge in [-0.2, -0.15) is 5.10 Å². The van der Waals surface area contributed by atoms with Gasteiger partial charge in [0.1, 0.15) is 12.4 Å². The van der Waals surface area contributed by atoms with Crippen molar-refractivity contribution in [3.05, 3.63) is 36.2 Å². The summed E-state index contributed by atoms with van der Waals surface area (Å²) in [6.45, 7) is 3.69. The summed E-state index contributed by atoms with van der Waals surface area (Å²) in [4.78, 5) is 11.2. The van der Waals surface area contributed by atoms with Crippen LogP contribution in [0.1, 0.15) is 17.3 Å². The van der Waals surface area contributed by atoms with Gasteiger partial charge in [-0.1, -0.05) is 12.1 Å². The highest BCUT2D eigenvalue weighted by Crippen LogP contribution is 2.32. The molecule has 0 amide bonds. The fourth-order valence-electron chi connectivity index (χ4n) is 1.94. The number of benzene rings is 1. The van der Waals surface area contributed by atoms with Gasteiger partial charge < -0.3 is 9.47 Å². The number of aromatic nitrogens is 2. The van der Waals surface area contributed by atoms with Gasteiger partial charge in [-0.15, -0.1) is 0 Å². The van der Waals surface area contributed by atoms with E-state index in [1.165, 1.54) is 0 Å². The summed E-state index contributed by atoms with van der Waals surface area (Å²) in [6.07, 6.45) is 4.51. The summed E-state index contributed by atoms with van der Waals surface area (Å²) in [7, 11) is 1.61. The molecule has 0 spiro atoms. The van der Waals surface area contributed by atoms with Gasteiger partial charge in [0.05, 0.1) is 18.4 Å². The number of carbonyl (C=O) groups is 1.